The molecule has 1 aromatic rings. The van der Waals surface area contributed by atoms with Crippen LogP contribution in [0.3, 0.4) is 0 Å². The standard InChI is InChI=1S/C15H25N3OS/c1(8-18-9-2-7-17-18)6-16-14-3-10-19-15(13-14)4-11-20-12-5-15/h2,7,9,14,16H,1,3-6,8,10-13H2. The zero-order valence-electron chi connectivity index (χ0n) is 12.1. The number of hydrogen-bond acceptors (Lipinski definition) is 4. The van der Waals surface area contributed by atoms with E-state index >= 15 is 0 Å². The molecule has 2 fully saturated rings. The molecule has 1 N–H and O–H groups in total. The maximum Gasteiger partial charge on any atom is 0.0713 e. The summed E-state index contributed by atoms with van der Waals surface area (Å²) in [6.45, 7) is 3.02. The van der Waals surface area contributed by atoms with Crippen LogP contribution >= 0.6 is 11.8 Å². The van der Waals surface area contributed by atoms with Crippen molar-refractivity contribution in [3.63, 3.8) is 0 Å². The first-order chi connectivity index (χ1) is 9.86. The van der Waals surface area contributed by atoms with Crippen molar-refractivity contribution in [2.75, 3.05) is 24.7 Å². The van der Waals surface area contributed by atoms with Gasteiger partial charge in [0.15, 0.2) is 0 Å². The lowest BCUT2D eigenvalue weighted by atomic mass is 9.85. The Hall–Kier alpha value is -0.520. The van der Waals surface area contributed by atoms with Crippen LogP contribution in [0, 0.1) is 0 Å². The van der Waals surface area contributed by atoms with Crippen LogP contribution in [-0.4, -0.2) is 46.1 Å². The van der Waals surface area contributed by atoms with Gasteiger partial charge in [-0.05, 0) is 56.2 Å². The van der Waals surface area contributed by atoms with Crippen LogP contribution in [0.4, 0.5) is 0 Å². The van der Waals surface area contributed by atoms with Gasteiger partial charge in [-0.15, -0.1) is 0 Å². The van der Waals surface area contributed by atoms with Gasteiger partial charge < -0.3 is 10.1 Å². The minimum absolute atomic E-state index is 0.198. The van der Waals surface area contributed by atoms with Crippen LogP contribution in [0.1, 0.15) is 32.1 Å². The van der Waals surface area contributed by atoms with Crippen molar-refractivity contribution in [1.82, 2.24) is 15.1 Å². The van der Waals surface area contributed by atoms with Crippen LogP contribution in [0.5, 0.6) is 0 Å². The molecule has 2 aliphatic rings. The van der Waals surface area contributed by atoms with Gasteiger partial charge in [-0.25, -0.2) is 0 Å². The molecule has 3 heterocycles. The molecule has 3 rings (SSSR count). The van der Waals surface area contributed by atoms with Crippen molar-refractivity contribution in [2.45, 2.75) is 50.3 Å². The van der Waals surface area contributed by atoms with Crippen molar-refractivity contribution < 1.29 is 4.74 Å². The molecule has 20 heavy (non-hydrogen) atoms. The quantitative estimate of drug-likeness (QED) is 0.846. The van der Waals surface area contributed by atoms with Crippen molar-refractivity contribution in [3.05, 3.63) is 18.5 Å². The molecule has 1 atom stereocenters. The zero-order chi connectivity index (χ0) is 13.7. The lowest BCUT2D eigenvalue weighted by Crippen LogP contribution is -2.49. The normalized spacial score (nSPS) is 25.9. The van der Waals surface area contributed by atoms with E-state index in [1.165, 1.54) is 30.8 Å². The number of ether oxygens (including phenoxy) is 1. The summed E-state index contributed by atoms with van der Waals surface area (Å²) in [4.78, 5) is 0. The maximum absolute atomic E-state index is 6.13. The Bertz CT molecular complexity index is 384. The molecule has 112 valence electrons. The van der Waals surface area contributed by atoms with Gasteiger partial charge in [-0.3, -0.25) is 4.68 Å². The van der Waals surface area contributed by atoms with Gasteiger partial charge in [0.25, 0.3) is 0 Å². The fourth-order valence-electron chi connectivity index (χ4n) is 3.27. The summed E-state index contributed by atoms with van der Waals surface area (Å²) in [5, 5.41) is 7.96. The van der Waals surface area contributed by atoms with Gasteiger partial charge in [0.05, 0.1) is 5.60 Å². The summed E-state index contributed by atoms with van der Waals surface area (Å²) < 4.78 is 8.14. The molecule has 5 heteroatoms. The number of nitrogens with one attached hydrogen (secondary N) is 1. The summed E-state index contributed by atoms with van der Waals surface area (Å²) >= 11 is 2.07. The van der Waals surface area contributed by atoms with E-state index in [9.17, 15) is 0 Å². The molecule has 0 radical (unpaired) electrons. The Morgan fingerprint density at radius 1 is 1.40 bits per heavy atom. The first-order valence-electron chi connectivity index (χ1n) is 7.79. The average molecular weight is 295 g/mol. The number of hydrogen-bond donors (Lipinski definition) is 1. The van der Waals surface area contributed by atoms with E-state index in [0.29, 0.717) is 6.04 Å². The number of rotatable bonds is 5. The fraction of sp³-hybridized carbons (Fsp3) is 0.800. The fourth-order valence-corrected chi connectivity index (χ4v) is 4.51. The van der Waals surface area contributed by atoms with Crippen LogP contribution in [0.15, 0.2) is 18.5 Å². The molecular weight excluding hydrogens is 270 g/mol. The highest BCUT2D eigenvalue weighted by molar-refractivity contribution is 7.99. The Balaban J connectivity index is 1.39. The lowest BCUT2D eigenvalue weighted by Gasteiger charge is -2.43. The van der Waals surface area contributed by atoms with Crippen LogP contribution < -0.4 is 5.32 Å². The van der Waals surface area contributed by atoms with Gasteiger partial charge in [0.1, 0.15) is 0 Å². The van der Waals surface area contributed by atoms with E-state index in [0.717, 1.165) is 32.5 Å². The van der Waals surface area contributed by atoms with E-state index in [1.807, 2.05) is 23.1 Å². The Labute approximate surface area is 125 Å². The molecule has 0 saturated carbocycles. The predicted octanol–water partition coefficient (Wildman–Crippen LogP) is 2.31. The third-order valence-corrected chi connectivity index (χ3v) is 5.44. The SMILES string of the molecule is c1cnn(CCCNC2CCOC3(CCSCC3)C2)c1. The lowest BCUT2D eigenvalue weighted by molar-refractivity contribution is -0.0931. The summed E-state index contributed by atoms with van der Waals surface area (Å²) in [7, 11) is 0. The van der Waals surface area contributed by atoms with Crippen LogP contribution in [-0.2, 0) is 11.3 Å². The largest absolute Gasteiger partial charge is 0.375 e. The summed E-state index contributed by atoms with van der Waals surface area (Å²) in [5.41, 5.74) is 0.198. The highest BCUT2D eigenvalue weighted by atomic mass is 32.2. The molecule has 2 aliphatic heterocycles. The molecule has 0 aliphatic carbocycles. The second kappa shape index (κ2) is 6.96. The van der Waals surface area contributed by atoms with E-state index in [1.54, 1.807) is 0 Å². The molecule has 4 nitrogen and oxygen atoms in total. The molecule has 0 aromatic carbocycles. The van der Waals surface area contributed by atoms with E-state index in [-0.39, 0.29) is 5.60 Å². The number of thioether (sulfide) groups is 1. The van der Waals surface area contributed by atoms with E-state index in [2.05, 4.69) is 22.2 Å². The predicted molar refractivity (Wildman–Crippen MR) is 83.1 cm³/mol. The second-order valence-corrected chi connectivity index (χ2v) is 7.14. The van der Waals surface area contributed by atoms with Gasteiger partial charge in [-0.1, -0.05) is 0 Å². The smallest absolute Gasteiger partial charge is 0.0713 e. The van der Waals surface area contributed by atoms with E-state index < -0.39 is 0 Å². The Morgan fingerprint density at radius 2 is 2.30 bits per heavy atom. The van der Waals surface area contributed by atoms with Crippen LogP contribution in [0.25, 0.3) is 0 Å². The highest BCUT2D eigenvalue weighted by Gasteiger charge is 2.38. The van der Waals surface area contributed by atoms with Crippen molar-refractivity contribution in [1.29, 1.82) is 0 Å². The number of aromatic nitrogens is 2. The molecule has 0 bridgehead atoms. The van der Waals surface area contributed by atoms with Gasteiger partial charge >= 0.3 is 0 Å². The molecule has 0 amide bonds. The first-order valence-corrected chi connectivity index (χ1v) is 8.94. The van der Waals surface area contributed by atoms with Crippen molar-refractivity contribution in [3.8, 4) is 0 Å². The first kappa shape index (κ1) is 14.4. The van der Waals surface area contributed by atoms with Crippen molar-refractivity contribution in [2.24, 2.45) is 0 Å². The molecular formula is C15H25N3OS. The monoisotopic (exact) mass is 295 g/mol. The third-order valence-electron chi connectivity index (χ3n) is 4.45. The maximum atomic E-state index is 6.13. The van der Waals surface area contributed by atoms with Gasteiger partial charge in [0, 0.05) is 31.6 Å². The van der Waals surface area contributed by atoms with Crippen LogP contribution in [0.2, 0.25) is 0 Å². The number of nitrogens with zero attached hydrogens (tertiary/aromatic N) is 2. The Morgan fingerprint density at radius 3 is 3.10 bits per heavy atom. The topological polar surface area (TPSA) is 39.1 Å². The van der Waals surface area contributed by atoms with E-state index in [4.69, 9.17) is 4.74 Å². The average Bonchev–Trinajstić information content (AvgIpc) is 2.98. The number of aryl methyl sites for hydroxylation is 1. The van der Waals surface area contributed by atoms with Gasteiger partial charge in [-0.2, -0.15) is 16.9 Å². The summed E-state index contributed by atoms with van der Waals surface area (Å²) in [6.07, 6.45) is 9.86. The van der Waals surface area contributed by atoms with Gasteiger partial charge in [0.2, 0.25) is 0 Å². The summed E-state index contributed by atoms with van der Waals surface area (Å²) in [5.74, 6) is 2.54. The molecule has 1 aromatic heterocycles. The highest BCUT2D eigenvalue weighted by Crippen LogP contribution is 2.37. The zero-order valence-corrected chi connectivity index (χ0v) is 12.9. The molecule has 1 unspecified atom stereocenters. The third kappa shape index (κ3) is 3.77. The second-order valence-electron chi connectivity index (χ2n) is 5.91. The molecule has 2 saturated heterocycles. The minimum Gasteiger partial charge on any atom is -0.375 e. The Kier molecular flexibility index (Phi) is 5.02. The van der Waals surface area contributed by atoms with Crippen molar-refractivity contribution >= 4 is 11.8 Å². The molecule has 1 spiro atoms. The minimum atomic E-state index is 0.198. The summed E-state index contributed by atoms with van der Waals surface area (Å²) in [6, 6.07) is 2.63.